The Morgan fingerprint density at radius 2 is 1.93 bits per heavy atom. The molecular weight excluding hydrogens is 397 g/mol. The van der Waals surface area contributed by atoms with E-state index in [1.165, 1.54) is 16.7 Å². The van der Waals surface area contributed by atoms with Gasteiger partial charge >= 0.3 is 170 Å². The van der Waals surface area contributed by atoms with Crippen molar-refractivity contribution in [3.8, 4) is 5.75 Å². The molecule has 27 heavy (non-hydrogen) atoms. The second-order valence-corrected chi connectivity index (χ2v) is 10.9. The first-order valence-corrected chi connectivity index (χ1v) is 12.2. The van der Waals surface area contributed by atoms with E-state index >= 15 is 0 Å². The Morgan fingerprint density at radius 3 is 2.63 bits per heavy atom. The quantitative estimate of drug-likeness (QED) is 0.658. The van der Waals surface area contributed by atoms with E-state index in [-0.39, 0.29) is 27.4 Å². The van der Waals surface area contributed by atoms with Gasteiger partial charge in [0.1, 0.15) is 0 Å². The van der Waals surface area contributed by atoms with E-state index in [2.05, 4.69) is 51.1 Å². The maximum absolute atomic E-state index is 10.7. The second kappa shape index (κ2) is 8.81. The van der Waals surface area contributed by atoms with Gasteiger partial charge in [-0.3, -0.25) is 0 Å². The number of hydrogen-bond acceptors (Lipinski definition) is 3. The first kappa shape index (κ1) is 20.5. The minimum atomic E-state index is -0.450. The molecule has 0 amide bonds. The zero-order chi connectivity index (χ0) is 19.4. The van der Waals surface area contributed by atoms with Crippen molar-refractivity contribution in [2.24, 2.45) is 5.73 Å². The van der Waals surface area contributed by atoms with E-state index in [4.69, 9.17) is 10.5 Å². The van der Waals surface area contributed by atoms with Crippen molar-refractivity contribution < 1.29 is 9.84 Å². The third kappa shape index (κ3) is 5.38. The summed E-state index contributed by atoms with van der Waals surface area (Å²) in [7, 11) is 0. The number of aliphatic hydroxyl groups excluding tert-OH is 1. The van der Waals surface area contributed by atoms with Gasteiger partial charge < -0.3 is 0 Å². The van der Waals surface area contributed by atoms with E-state index in [1.807, 2.05) is 18.2 Å². The molecular formula is C23H31AsNO2. The summed E-state index contributed by atoms with van der Waals surface area (Å²) >= 11 is -0.0530. The molecule has 0 spiro atoms. The van der Waals surface area contributed by atoms with Crippen LogP contribution >= 0.6 is 0 Å². The number of fused-ring (bicyclic) bond motifs is 1. The molecule has 1 heterocycles. The topological polar surface area (TPSA) is 55.5 Å². The predicted molar refractivity (Wildman–Crippen MR) is 113 cm³/mol. The number of benzene rings is 2. The third-order valence-electron chi connectivity index (χ3n) is 5.23. The van der Waals surface area contributed by atoms with Gasteiger partial charge in [0.25, 0.3) is 0 Å². The van der Waals surface area contributed by atoms with Crippen molar-refractivity contribution in [1.82, 2.24) is 0 Å². The molecule has 0 unspecified atom stereocenters. The normalized spacial score (nSPS) is 20.9. The monoisotopic (exact) mass is 428 g/mol. The molecule has 0 fully saturated rings. The molecule has 0 aromatic heterocycles. The van der Waals surface area contributed by atoms with E-state index in [1.54, 1.807) is 0 Å². The maximum atomic E-state index is 10.7. The number of nitrogens with two attached hydrogens (primary N) is 1. The molecule has 1 radical (unpaired) electrons. The first-order valence-electron chi connectivity index (χ1n) is 9.84. The van der Waals surface area contributed by atoms with Crippen molar-refractivity contribution in [2.75, 3.05) is 0 Å². The van der Waals surface area contributed by atoms with Gasteiger partial charge in [0.05, 0.1) is 0 Å². The summed E-state index contributed by atoms with van der Waals surface area (Å²) in [5.74, 6) is 1.02. The number of ether oxygens (including phenoxy) is 1. The van der Waals surface area contributed by atoms with Crippen molar-refractivity contribution in [3.05, 3.63) is 65.2 Å². The summed E-state index contributed by atoms with van der Waals surface area (Å²) in [6.45, 7) is 6.51. The van der Waals surface area contributed by atoms with Gasteiger partial charge in [-0.15, -0.1) is 0 Å². The van der Waals surface area contributed by atoms with Crippen LogP contribution in [0.4, 0.5) is 0 Å². The van der Waals surface area contributed by atoms with Gasteiger partial charge in [0, 0.05) is 0 Å². The summed E-state index contributed by atoms with van der Waals surface area (Å²) in [6, 6.07) is 16.6. The van der Waals surface area contributed by atoms with Crippen LogP contribution in [-0.2, 0) is 12.8 Å². The van der Waals surface area contributed by atoms with Crippen LogP contribution in [-0.4, -0.2) is 38.6 Å². The molecule has 145 valence electrons. The van der Waals surface area contributed by atoms with E-state index < -0.39 is 6.10 Å². The Balaban J connectivity index is 1.66. The Kier molecular flexibility index (Phi) is 6.68. The van der Waals surface area contributed by atoms with Crippen molar-refractivity contribution >= 4 is 15.8 Å². The first-order chi connectivity index (χ1) is 12.9. The molecule has 2 aromatic carbocycles. The Morgan fingerprint density at radius 1 is 1.19 bits per heavy atom. The van der Waals surface area contributed by atoms with Crippen molar-refractivity contribution in [2.45, 2.75) is 67.7 Å². The molecule has 1 aliphatic heterocycles. The van der Waals surface area contributed by atoms with Gasteiger partial charge in [-0.1, -0.05) is 0 Å². The fourth-order valence-corrected chi connectivity index (χ4v) is 7.23. The third-order valence-corrected chi connectivity index (χ3v) is 8.35. The summed E-state index contributed by atoms with van der Waals surface area (Å²) < 4.78 is 6.70. The molecule has 3 N–H and O–H groups in total. The number of rotatable bonds is 7. The molecule has 3 rings (SSSR count). The summed E-state index contributed by atoms with van der Waals surface area (Å²) in [4.78, 5) is 0. The molecule has 0 saturated carbocycles. The number of hydrogen-bond donors (Lipinski definition) is 2. The van der Waals surface area contributed by atoms with Gasteiger partial charge in [0.15, 0.2) is 0 Å². The molecule has 0 bridgehead atoms. The van der Waals surface area contributed by atoms with E-state index in [0.29, 0.717) is 4.71 Å². The molecule has 2 aromatic rings. The average Bonchev–Trinajstić information content (AvgIpc) is 2.65. The van der Waals surface area contributed by atoms with Crippen LogP contribution in [0.3, 0.4) is 0 Å². The number of aliphatic hydroxyl groups is 1. The SMILES string of the molecule is CCc1ccc2c(c1)[C@@H]([As]C[C@H](O)[C@@H](N)Cc1ccccc1)CC(C)(C)O2. The van der Waals surface area contributed by atoms with Crippen LogP contribution in [0.1, 0.15) is 48.6 Å². The predicted octanol–water partition coefficient (Wildman–Crippen LogP) is 3.90. The molecule has 0 saturated heterocycles. The van der Waals surface area contributed by atoms with Crippen LogP contribution in [0.25, 0.3) is 0 Å². The van der Waals surface area contributed by atoms with E-state index in [0.717, 1.165) is 30.2 Å². The second-order valence-electron chi connectivity index (χ2n) is 8.09. The molecule has 0 aliphatic carbocycles. The summed E-state index contributed by atoms with van der Waals surface area (Å²) in [5.41, 5.74) is 10.0. The van der Waals surface area contributed by atoms with Crippen molar-refractivity contribution in [3.63, 3.8) is 0 Å². The fourth-order valence-electron chi connectivity index (χ4n) is 3.64. The van der Waals surface area contributed by atoms with Gasteiger partial charge in [-0.2, -0.15) is 0 Å². The van der Waals surface area contributed by atoms with Crippen LogP contribution in [0, 0.1) is 0 Å². The van der Waals surface area contributed by atoms with Gasteiger partial charge in [0.2, 0.25) is 0 Å². The summed E-state index contributed by atoms with van der Waals surface area (Å²) in [6.07, 6.45) is 2.31. The summed E-state index contributed by atoms with van der Waals surface area (Å²) in [5, 5.41) is 11.5. The van der Waals surface area contributed by atoms with Crippen LogP contribution in [0.15, 0.2) is 48.5 Å². The van der Waals surface area contributed by atoms with Crippen LogP contribution in [0.5, 0.6) is 5.75 Å². The Labute approximate surface area is 170 Å². The van der Waals surface area contributed by atoms with Gasteiger partial charge in [-0.25, -0.2) is 0 Å². The Hall–Kier alpha value is -1.28. The number of aryl methyl sites for hydroxylation is 1. The van der Waals surface area contributed by atoms with Crippen molar-refractivity contribution in [1.29, 1.82) is 0 Å². The zero-order valence-corrected chi connectivity index (χ0v) is 18.4. The molecule has 3 nitrogen and oxygen atoms in total. The average molecular weight is 428 g/mol. The molecule has 4 heteroatoms. The van der Waals surface area contributed by atoms with E-state index in [9.17, 15) is 5.11 Å². The zero-order valence-electron chi connectivity index (χ0n) is 16.6. The molecule has 1 aliphatic rings. The van der Waals surface area contributed by atoms with Crippen LogP contribution < -0.4 is 10.5 Å². The fraction of sp³-hybridized carbons (Fsp3) is 0.478. The standard InChI is InChI=1S/C23H31AsNO2/c1-4-16-10-11-22-18(12-16)19(14-23(2,3)27-22)24-15-21(26)20(25)13-17-8-6-5-7-9-17/h5-12,19-21,26H,4,13-15,25H2,1-3H3/t19-,20-,21-/m0/s1. The Bertz CT molecular complexity index is 747. The van der Waals surface area contributed by atoms with Crippen LogP contribution in [0.2, 0.25) is 5.21 Å². The minimum absolute atomic E-state index is 0.0530. The van der Waals surface area contributed by atoms with Gasteiger partial charge in [-0.05, 0) is 0 Å². The molecule has 3 atom stereocenters.